The molecule has 2 aromatic carbocycles. The van der Waals surface area contributed by atoms with Gasteiger partial charge in [0.05, 0.1) is 44.3 Å². The van der Waals surface area contributed by atoms with Crippen molar-refractivity contribution in [1.82, 2.24) is 0 Å². The van der Waals surface area contributed by atoms with Gasteiger partial charge in [0.15, 0.2) is 35.6 Å². The minimum absolute atomic E-state index is 0.0132. The number of phenols is 1. The molecule has 10 unspecified atom stereocenters. The molecule has 0 amide bonds. The van der Waals surface area contributed by atoms with Crippen LogP contribution in [-0.2, 0) is 28.5 Å². The zero-order valence-electron chi connectivity index (χ0n) is 25.3. The van der Waals surface area contributed by atoms with Crippen molar-refractivity contribution in [3.05, 3.63) is 63.3 Å². The first-order chi connectivity index (χ1) is 22.7. The van der Waals surface area contributed by atoms with E-state index in [0.29, 0.717) is 28.2 Å². The van der Waals surface area contributed by atoms with Crippen molar-refractivity contribution < 1.29 is 62.7 Å². The summed E-state index contributed by atoms with van der Waals surface area (Å²) in [5.74, 6) is -1.42. The molecule has 0 spiro atoms. The summed E-state index contributed by atoms with van der Waals surface area (Å²) in [6.45, 7) is -0.0428. The number of aromatic hydroxyl groups is 1. The Kier molecular flexibility index (Phi) is 7.49. The van der Waals surface area contributed by atoms with Gasteiger partial charge in [0.1, 0.15) is 30.0 Å². The molecule has 3 aromatic rings. The first-order valence-electron chi connectivity index (χ1n) is 15.0. The molecule has 1 aromatic heterocycles. The van der Waals surface area contributed by atoms with Crippen molar-refractivity contribution in [3.63, 3.8) is 0 Å². The highest BCUT2D eigenvalue weighted by molar-refractivity contribution is 7.10. The molecule has 1 aliphatic carbocycles. The number of esters is 1. The van der Waals surface area contributed by atoms with E-state index in [1.54, 1.807) is 24.3 Å². The number of aliphatic hydroxyl groups is 2. The van der Waals surface area contributed by atoms with Crippen LogP contribution in [0.1, 0.15) is 39.9 Å². The van der Waals surface area contributed by atoms with Gasteiger partial charge < -0.3 is 63.7 Å². The van der Waals surface area contributed by atoms with Crippen LogP contribution in [-0.4, -0.2) is 91.8 Å². The number of carbonyl (C=O) groups excluding carboxylic acids is 1. The van der Waals surface area contributed by atoms with Crippen LogP contribution in [0.2, 0.25) is 0 Å². The molecule has 0 bridgehead atoms. The summed E-state index contributed by atoms with van der Waals surface area (Å²) in [6, 6.07) is 10.4. The molecule has 47 heavy (non-hydrogen) atoms. The van der Waals surface area contributed by atoms with Gasteiger partial charge in [-0.05, 0) is 52.4 Å². The van der Waals surface area contributed by atoms with Crippen molar-refractivity contribution >= 4 is 17.3 Å². The van der Waals surface area contributed by atoms with Gasteiger partial charge in [-0.3, -0.25) is 4.79 Å². The van der Waals surface area contributed by atoms with Crippen molar-refractivity contribution in [2.45, 2.75) is 54.6 Å². The lowest BCUT2D eigenvalue weighted by Gasteiger charge is -2.49. The summed E-state index contributed by atoms with van der Waals surface area (Å²) in [6.07, 6.45) is -7.58. The zero-order chi connectivity index (χ0) is 32.6. The summed E-state index contributed by atoms with van der Waals surface area (Å²) in [5.41, 5.74) is 7.06. The van der Waals surface area contributed by atoms with Crippen LogP contribution < -0.4 is 24.7 Å². The van der Waals surface area contributed by atoms with E-state index in [1.165, 1.54) is 25.6 Å². The lowest BCUT2D eigenvalue weighted by Crippen LogP contribution is -2.63. The number of aliphatic hydroxyl groups excluding tert-OH is 2. The number of hydrogen-bond acceptors (Lipinski definition) is 15. The summed E-state index contributed by atoms with van der Waals surface area (Å²) in [4.78, 5) is 14.5. The average Bonchev–Trinajstić information content (AvgIpc) is 3.84. The van der Waals surface area contributed by atoms with E-state index < -0.39 is 66.4 Å². The minimum atomic E-state index is -1.70. The van der Waals surface area contributed by atoms with E-state index in [4.69, 9.17) is 48.4 Å². The quantitative estimate of drug-likeness (QED) is 0.278. The van der Waals surface area contributed by atoms with Crippen molar-refractivity contribution in [3.8, 4) is 28.7 Å². The normalized spacial score (nSPS) is 35.4. The third kappa shape index (κ3) is 4.68. The van der Waals surface area contributed by atoms with E-state index >= 15 is 0 Å². The van der Waals surface area contributed by atoms with E-state index in [2.05, 4.69) is 0 Å². The number of cyclic esters (lactones) is 1. The number of thiophene rings is 1. The van der Waals surface area contributed by atoms with Crippen LogP contribution >= 0.6 is 11.3 Å². The maximum absolute atomic E-state index is 13.7. The molecule has 8 rings (SSSR count). The summed E-state index contributed by atoms with van der Waals surface area (Å²) in [5, 5.41) is 35.1. The van der Waals surface area contributed by atoms with E-state index in [1.807, 2.05) is 17.5 Å². The largest absolute Gasteiger partial charge is 0.502 e. The van der Waals surface area contributed by atoms with Gasteiger partial charge in [-0.1, -0.05) is 6.07 Å². The lowest BCUT2D eigenvalue weighted by atomic mass is 9.61. The molecule has 3 saturated heterocycles. The van der Waals surface area contributed by atoms with Crippen LogP contribution in [0.3, 0.4) is 0 Å². The highest BCUT2D eigenvalue weighted by atomic mass is 32.1. The molecule has 5 heterocycles. The fourth-order valence-electron chi connectivity index (χ4n) is 7.30. The second-order valence-corrected chi connectivity index (χ2v) is 13.0. The molecular formula is C32H33NO13S. The number of ether oxygens (including phenoxy) is 9. The summed E-state index contributed by atoms with van der Waals surface area (Å²) >= 11 is 1.45. The van der Waals surface area contributed by atoms with Gasteiger partial charge in [0, 0.05) is 5.92 Å². The Labute approximate surface area is 272 Å². The van der Waals surface area contributed by atoms with Crippen LogP contribution in [0.5, 0.6) is 28.7 Å². The molecule has 10 atom stereocenters. The molecule has 5 N–H and O–H groups in total. The number of hydrogen-bond donors (Lipinski definition) is 4. The predicted octanol–water partition coefficient (Wildman–Crippen LogP) is 1.83. The maximum Gasteiger partial charge on any atom is 0.327 e. The minimum Gasteiger partial charge on any atom is -0.502 e. The third-order valence-corrected chi connectivity index (χ3v) is 10.5. The summed E-state index contributed by atoms with van der Waals surface area (Å²) in [7, 11) is 2.80. The summed E-state index contributed by atoms with van der Waals surface area (Å²) < 4.78 is 52.5. The van der Waals surface area contributed by atoms with Crippen LogP contribution in [0, 0.1) is 5.92 Å². The van der Waals surface area contributed by atoms with Gasteiger partial charge in [0.25, 0.3) is 0 Å². The number of methoxy groups -OCH3 is 2. The van der Waals surface area contributed by atoms with Crippen molar-refractivity contribution in [2.24, 2.45) is 11.7 Å². The van der Waals surface area contributed by atoms with Crippen molar-refractivity contribution in [1.29, 1.82) is 0 Å². The van der Waals surface area contributed by atoms with Crippen molar-refractivity contribution in [2.75, 3.05) is 34.2 Å². The standard InChI is InChI=1S/C32H33NO13S/c1-38-19-6-13(7-20(39-2)24(19)34)23-14-8-17-18(43-12-42-17)9-15(14)27(16-10-41-31(37)32(16,23)33)45-30-26(36)25(35)28-21(44-30)11-40-29(46-28)22-4-3-5-47-22/h3-9,16,21,23,25-30,34-36H,10-12,33H2,1-2H3. The molecule has 250 valence electrons. The molecule has 15 heteroatoms. The lowest BCUT2D eigenvalue weighted by molar-refractivity contribution is -0.369. The van der Waals surface area contributed by atoms with Crippen LogP contribution in [0.4, 0.5) is 0 Å². The first kappa shape index (κ1) is 30.7. The Morgan fingerprint density at radius 1 is 0.957 bits per heavy atom. The number of benzene rings is 2. The zero-order valence-corrected chi connectivity index (χ0v) is 26.1. The topological polar surface area (TPSA) is 187 Å². The molecule has 0 radical (unpaired) electrons. The Morgan fingerprint density at radius 2 is 1.68 bits per heavy atom. The first-order valence-corrected chi connectivity index (χ1v) is 15.9. The van der Waals surface area contributed by atoms with Crippen LogP contribution in [0.25, 0.3) is 0 Å². The van der Waals surface area contributed by atoms with Gasteiger partial charge >= 0.3 is 5.97 Å². The van der Waals surface area contributed by atoms with Gasteiger partial charge in [0.2, 0.25) is 12.5 Å². The Morgan fingerprint density at radius 3 is 2.36 bits per heavy atom. The molecule has 0 saturated carbocycles. The molecule has 14 nitrogen and oxygen atoms in total. The SMILES string of the molecule is COc1cc(C2c3cc4c(cc3C(OC3OC5COC(c6cccs6)OC5C(O)C3O)C3COC(=O)C23N)OCO4)cc(OC)c1O. The fourth-order valence-corrected chi connectivity index (χ4v) is 8.01. The Bertz CT molecular complexity index is 1660. The molecular weight excluding hydrogens is 638 g/mol. The number of fused-ring (bicyclic) bond motifs is 4. The van der Waals surface area contributed by atoms with Gasteiger partial charge in [-0.25, -0.2) is 0 Å². The number of carbonyl (C=O) groups is 1. The molecule has 3 fully saturated rings. The number of nitrogens with two attached hydrogens (primary N) is 1. The second kappa shape index (κ2) is 11.5. The number of phenolic OH excluding ortho intramolecular Hbond substituents is 1. The van der Waals surface area contributed by atoms with E-state index in [0.717, 1.165) is 4.88 Å². The van der Waals surface area contributed by atoms with Crippen LogP contribution in [0.15, 0.2) is 41.8 Å². The average molecular weight is 672 g/mol. The van der Waals surface area contributed by atoms with E-state index in [-0.39, 0.29) is 37.3 Å². The smallest absolute Gasteiger partial charge is 0.327 e. The van der Waals surface area contributed by atoms with E-state index in [9.17, 15) is 20.1 Å². The second-order valence-electron chi connectivity index (χ2n) is 12.0. The molecule has 5 aliphatic rings. The Balaban J connectivity index is 1.18. The number of rotatable bonds is 6. The third-order valence-electron chi connectivity index (χ3n) is 9.62. The highest BCUT2D eigenvalue weighted by Crippen LogP contribution is 2.58. The monoisotopic (exact) mass is 671 g/mol. The maximum atomic E-state index is 13.7. The fraction of sp³-hybridized carbons (Fsp3) is 0.469. The van der Waals surface area contributed by atoms with Gasteiger partial charge in [-0.2, -0.15) is 0 Å². The molecule has 4 aliphatic heterocycles. The Hall–Kier alpha value is -3.67. The van der Waals surface area contributed by atoms with Gasteiger partial charge in [-0.15, -0.1) is 11.3 Å². The highest BCUT2D eigenvalue weighted by Gasteiger charge is 2.63. The predicted molar refractivity (Wildman–Crippen MR) is 159 cm³/mol.